The van der Waals surface area contributed by atoms with Crippen LogP contribution in [0.2, 0.25) is 0 Å². The van der Waals surface area contributed by atoms with Crippen molar-refractivity contribution in [2.45, 2.75) is 30.7 Å². The zero-order valence-electron chi connectivity index (χ0n) is 21.0. The summed E-state index contributed by atoms with van der Waals surface area (Å²) in [7, 11) is -3.47. The predicted molar refractivity (Wildman–Crippen MR) is 142 cm³/mol. The highest BCUT2D eigenvalue weighted by Crippen LogP contribution is 2.35. The number of benzene rings is 1. The van der Waals surface area contributed by atoms with Crippen LogP contribution in [0.15, 0.2) is 46.9 Å². The third-order valence-corrected chi connectivity index (χ3v) is 8.35. The lowest BCUT2D eigenvalue weighted by Crippen LogP contribution is -2.36. The Morgan fingerprint density at radius 1 is 1.11 bits per heavy atom. The molecule has 3 aromatic heterocycles. The van der Waals surface area contributed by atoms with E-state index in [9.17, 15) is 13.2 Å². The van der Waals surface area contributed by atoms with Gasteiger partial charge in [0.1, 0.15) is 16.4 Å². The number of nitrogens with zero attached hydrogens (tertiary/aromatic N) is 5. The van der Waals surface area contributed by atoms with Crippen molar-refractivity contribution in [2.75, 3.05) is 37.5 Å². The summed E-state index contributed by atoms with van der Waals surface area (Å²) in [5.74, 6) is 0.831. The fraction of sp³-hybridized carbons (Fsp3) is 0.360. The quantitative estimate of drug-likeness (QED) is 0.374. The Kier molecular flexibility index (Phi) is 6.50. The topological polar surface area (TPSA) is 117 Å². The van der Waals surface area contributed by atoms with E-state index in [0.29, 0.717) is 35.0 Å². The van der Waals surface area contributed by atoms with Gasteiger partial charge in [0, 0.05) is 42.1 Å². The van der Waals surface area contributed by atoms with Crippen LogP contribution in [0.3, 0.4) is 0 Å². The molecular weight excluding hydrogens is 514 g/mol. The second-order valence-corrected chi connectivity index (χ2v) is 12.9. The molecule has 1 aliphatic rings. The van der Waals surface area contributed by atoms with Crippen molar-refractivity contribution in [3.63, 3.8) is 0 Å². The summed E-state index contributed by atoms with van der Waals surface area (Å²) in [6, 6.07) is 11.3. The summed E-state index contributed by atoms with van der Waals surface area (Å²) in [6.45, 7) is 8.24. The van der Waals surface area contributed by atoms with Crippen molar-refractivity contribution in [3.8, 4) is 21.8 Å². The van der Waals surface area contributed by atoms with Crippen LogP contribution >= 0.6 is 11.3 Å². The molecule has 12 heteroatoms. The number of fused-ring (bicyclic) bond motifs is 1. The number of ether oxygens (including phenoxy) is 2. The first-order chi connectivity index (χ1) is 17.5. The predicted octanol–water partition coefficient (Wildman–Crippen LogP) is 4.25. The molecule has 0 bridgehead atoms. The van der Waals surface area contributed by atoms with Gasteiger partial charge in [-0.1, -0.05) is 17.4 Å². The average Bonchev–Trinajstić information content (AvgIpc) is 3.49. The number of aromatic nitrogens is 4. The number of morpholine rings is 1. The molecule has 10 nitrogen and oxygen atoms in total. The summed E-state index contributed by atoms with van der Waals surface area (Å²) in [5.41, 5.74) is 2.09. The largest absolute Gasteiger partial charge is 0.443 e. The highest BCUT2D eigenvalue weighted by atomic mass is 32.2. The Balaban J connectivity index is 1.64. The van der Waals surface area contributed by atoms with Crippen molar-refractivity contribution in [1.29, 1.82) is 0 Å². The highest BCUT2D eigenvalue weighted by Gasteiger charge is 2.23. The Bertz CT molecular complexity index is 1580. The average molecular weight is 542 g/mol. The van der Waals surface area contributed by atoms with Crippen molar-refractivity contribution in [1.82, 2.24) is 19.7 Å². The molecule has 0 unspecified atom stereocenters. The lowest BCUT2D eigenvalue weighted by molar-refractivity contribution is 0.0544. The molecule has 194 valence electrons. The van der Waals surface area contributed by atoms with Crippen LogP contribution in [0.1, 0.15) is 20.8 Å². The Hall–Kier alpha value is -3.35. The Morgan fingerprint density at radius 2 is 1.86 bits per heavy atom. The molecule has 4 heterocycles. The van der Waals surface area contributed by atoms with Crippen LogP contribution < -0.4 is 4.90 Å². The molecule has 1 aliphatic heterocycles. The smallest absolute Gasteiger partial charge is 0.419 e. The van der Waals surface area contributed by atoms with Gasteiger partial charge in [-0.3, -0.25) is 4.57 Å². The molecule has 1 aromatic carbocycles. The normalized spacial score (nSPS) is 14.8. The zero-order chi connectivity index (χ0) is 26.4. The van der Waals surface area contributed by atoms with Gasteiger partial charge in [-0.25, -0.2) is 18.2 Å². The Morgan fingerprint density at radius 3 is 2.54 bits per heavy atom. The molecule has 0 amide bonds. The zero-order valence-corrected chi connectivity index (χ0v) is 22.6. The molecule has 4 aromatic rings. The maximum absolute atomic E-state index is 13.1. The summed E-state index contributed by atoms with van der Waals surface area (Å²) in [5, 5.41) is 9.14. The number of hydrogen-bond acceptors (Lipinski definition) is 10. The van der Waals surface area contributed by atoms with E-state index in [1.807, 2.05) is 45.0 Å². The summed E-state index contributed by atoms with van der Waals surface area (Å²) >= 11 is 1.00. The minimum Gasteiger partial charge on any atom is -0.443 e. The molecule has 0 aliphatic carbocycles. The summed E-state index contributed by atoms with van der Waals surface area (Å²) in [6.07, 6.45) is 2.33. The number of hydrogen-bond donors (Lipinski definition) is 0. The lowest BCUT2D eigenvalue weighted by atomic mass is 10.1. The van der Waals surface area contributed by atoms with Gasteiger partial charge in [-0.2, -0.15) is 0 Å². The number of carbonyl (C=O) groups excluding carboxylic acids is 1. The number of sulfone groups is 1. The first kappa shape index (κ1) is 25.3. The van der Waals surface area contributed by atoms with Crippen molar-refractivity contribution >= 4 is 44.0 Å². The van der Waals surface area contributed by atoms with Gasteiger partial charge < -0.3 is 14.4 Å². The SMILES string of the molecule is CC(C)(C)OC(=O)n1cc(-c2cccc(N3CCOCC3)n2)c2cc(-c3nnc(S(C)(=O)=O)s3)ccc21. The molecule has 1 saturated heterocycles. The minimum atomic E-state index is -3.47. The Labute approximate surface area is 218 Å². The van der Waals surface area contributed by atoms with E-state index in [0.717, 1.165) is 47.4 Å². The van der Waals surface area contributed by atoms with E-state index < -0.39 is 21.5 Å². The van der Waals surface area contributed by atoms with Crippen LogP contribution in [0.25, 0.3) is 32.7 Å². The monoisotopic (exact) mass is 541 g/mol. The van der Waals surface area contributed by atoms with E-state index in [1.165, 1.54) is 4.57 Å². The van der Waals surface area contributed by atoms with Crippen LogP contribution in [0.4, 0.5) is 10.6 Å². The molecule has 0 N–H and O–H groups in total. The molecule has 1 fully saturated rings. The van der Waals surface area contributed by atoms with Gasteiger partial charge in [0.2, 0.25) is 14.2 Å². The van der Waals surface area contributed by atoms with Gasteiger partial charge in [-0.15, -0.1) is 10.2 Å². The first-order valence-corrected chi connectivity index (χ1v) is 14.4. The molecule has 0 spiro atoms. The molecule has 0 saturated carbocycles. The van der Waals surface area contributed by atoms with Crippen molar-refractivity contribution in [3.05, 3.63) is 42.6 Å². The van der Waals surface area contributed by atoms with E-state index in [1.54, 1.807) is 18.3 Å². The number of rotatable bonds is 4. The second kappa shape index (κ2) is 9.51. The fourth-order valence-corrected chi connectivity index (χ4v) is 5.65. The first-order valence-electron chi connectivity index (χ1n) is 11.7. The van der Waals surface area contributed by atoms with Crippen LogP contribution in [0, 0.1) is 0 Å². The van der Waals surface area contributed by atoms with Crippen molar-refractivity contribution < 1.29 is 22.7 Å². The number of anilines is 1. The standard InChI is InChI=1S/C25H27N5O5S2/c1-25(2,3)35-24(31)30-15-18(19-6-5-7-21(26-19)29-10-12-34-13-11-29)17-14-16(8-9-20(17)30)22-27-28-23(36-22)37(4,32)33/h5-9,14-15H,10-13H2,1-4H3. The van der Waals surface area contributed by atoms with E-state index in [4.69, 9.17) is 14.5 Å². The third kappa shape index (κ3) is 5.36. The van der Waals surface area contributed by atoms with Gasteiger partial charge in [-0.05, 0) is 51.1 Å². The maximum atomic E-state index is 13.1. The maximum Gasteiger partial charge on any atom is 0.419 e. The number of pyridine rings is 1. The van der Waals surface area contributed by atoms with Gasteiger partial charge in [0.05, 0.1) is 24.4 Å². The van der Waals surface area contributed by atoms with Gasteiger partial charge >= 0.3 is 6.09 Å². The van der Waals surface area contributed by atoms with E-state index >= 15 is 0 Å². The number of carbonyl (C=O) groups is 1. The van der Waals surface area contributed by atoms with Crippen LogP contribution in [-0.4, -0.2) is 72.4 Å². The summed E-state index contributed by atoms with van der Waals surface area (Å²) < 4.78 is 36.4. The molecular formula is C25H27N5O5S2. The lowest BCUT2D eigenvalue weighted by Gasteiger charge is -2.28. The fourth-order valence-electron chi connectivity index (χ4n) is 4.05. The molecule has 5 rings (SSSR count). The van der Waals surface area contributed by atoms with Gasteiger partial charge in [0.15, 0.2) is 0 Å². The van der Waals surface area contributed by atoms with Crippen LogP contribution in [-0.2, 0) is 19.3 Å². The second-order valence-electron chi connectivity index (χ2n) is 9.75. The summed E-state index contributed by atoms with van der Waals surface area (Å²) in [4.78, 5) is 20.2. The molecule has 0 atom stereocenters. The van der Waals surface area contributed by atoms with E-state index in [2.05, 4.69) is 15.1 Å². The van der Waals surface area contributed by atoms with Crippen molar-refractivity contribution in [2.24, 2.45) is 0 Å². The van der Waals surface area contributed by atoms with Gasteiger partial charge in [0.25, 0.3) is 0 Å². The molecule has 0 radical (unpaired) electrons. The highest BCUT2D eigenvalue weighted by molar-refractivity contribution is 7.92. The minimum absolute atomic E-state index is 0.0472. The third-order valence-electron chi connectivity index (χ3n) is 5.71. The molecule has 37 heavy (non-hydrogen) atoms. The van der Waals surface area contributed by atoms with E-state index in [-0.39, 0.29) is 4.34 Å². The van der Waals surface area contributed by atoms with Crippen LogP contribution in [0.5, 0.6) is 0 Å².